The molecule has 1 aliphatic rings. The van der Waals surface area contributed by atoms with Gasteiger partial charge in [-0.2, -0.15) is 11.8 Å². The van der Waals surface area contributed by atoms with Crippen LogP contribution < -0.4 is 5.56 Å². The van der Waals surface area contributed by atoms with Crippen LogP contribution in [-0.2, 0) is 11.3 Å². The number of nitrogens with zero attached hydrogens (tertiary/aromatic N) is 1. The van der Waals surface area contributed by atoms with Gasteiger partial charge < -0.3 is 9.72 Å². The number of H-pyrrole nitrogens is 1. The average Bonchev–Trinajstić information content (AvgIpc) is 2.32. The van der Waals surface area contributed by atoms with Crippen molar-refractivity contribution >= 4 is 23.5 Å². The highest BCUT2D eigenvalue weighted by molar-refractivity contribution is 8.07. The number of hydrogen-bond acceptors (Lipinski definition) is 5. The Bertz CT molecular complexity index is 464. The van der Waals surface area contributed by atoms with Gasteiger partial charge in [-0.05, 0) is 0 Å². The topological polar surface area (TPSA) is 55.0 Å². The van der Waals surface area contributed by atoms with Crippen LogP contribution in [0.5, 0.6) is 0 Å². The molecule has 1 N–H and O–H groups in total. The van der Waals surface area contributed by atoms with Crippen LogP contribution in [0.4, 0.5) is 0 Å². The van der Waals surface area contributed by atoms with Crippen LogP contribution in [0.1, 0.15) is 30.6 Å². The predicted molar refractivity (Wildman–Crippen MR) is 77.3 cm³/mol. The van der Waals surface area contributed by atoms with Crippen LogP contribution in [0.15, 0.2) is 10.9 Å². The molecule has 0 aromatic carbocycles. The highest BCUT2D eigenvalue weighted by atomic mass is 32.2. The molecule has 4 nitrogen and oxygen atoms in total. The van der Waals surface area contributed by atoms with Crippen molar-refractivity contribution in [1.29, 1.82) is 0 Å². The zero-order chi connectivity index (χ0) is 13.1. The van der Waals surface area contributed by atoms with E-state index in [2.05, 4.69) is 23.8 Å². The molecule has 0 saturated carbocycles. The van der Waals surface area contributed by atoms with Gasteiger partial charge in [0.1, 0.15) is 5.82 Å². The van der Waals surface area contributed by atoms with E-state index >= 15 is 0 Å². The number of aromatic amines is 1. The van der Waals surface area contributed by atoms with Crippen LogP contribution in [0.25, 0.3) is 0 Å². The van der Waals surface area contributed by atoms with Crippen molar-refractivity contribution < 1.29 is 4.74 Å². The molecule has 0 amide bonds. The largest absolute Gasteiger partial charge is 0.378 e. The van der Waals surface area contributed by atoms with Gasteiger partial charge in [-0.3, -0.25) is 4.79 Å². The van der Waals surface area contributed by atoms with Crippen molar-refractivity contribution in [3.8, 4) is 0 Å². The Morgan fingerprint density at radius 2 is 2.28 bits per heavy atom. The van der Waals surface area contributed by atoms with E-state index in [1.807, 2.05) is 23.5 Å². The molecule has 18 heavy (non-hydrogen) atoms. The summed E-state index contributed by atoms with van der Waals surface area (Å²) in [6, 6.07) is 1.50. The van der Waals surface area contributed by atoms with E-state index in [1.165, 1.54) is 6.07 Å². The van der Waals surface area contributed by atoms with Gasteiger partial charge in [-0.1, -0.05) is 13.8 Å². The SMILES string of the molecule is COCc1cc(=O)[nH]c(C2CSC(C)C(C)S2)n1. The second-order valence-corrected chi connectivity index (χ2v) is 7.42. The molecule has 1 aromatic rings. The first kappa shape index (κ1) is 14.0. The Balaban J connectivity index is 2.20. The van der Waals surface area contributed by atoms with Crippen LogP contribution >= 0.6 is 23.5 Å². The number of thioether (sulfide) groups is 2. The maximum atomic E-state index is 11.6. The zero-order valence-corrected chi connectivity index (χ0v) is 12.4. The highest BCUT2D eigenvalue weighted by Gasteiger charge is 2.28. The molecule has 1 aliphatic heterocycles. The Labute approximate surface area is 115 Å². The van der Waals surface area contributed by atoms with Gasteiger partial charge in [-0.15, -0.1) is 11.8 Å². The van der Waals surface area contributed by atoms with Crippen molar-refractivity contribution in [1.82, 2.24) is 9.97 Å². The van der Waals surface area contributed by atoms with Crippen molar-refractivity contribution in [3.63, 3.8) is 0 Å². The highest BCUT2D eigenvalue weighted by Crippen LogP contribution is 2.42. The third kappa shape index (κ3) is 3.30. The quantitative estimate of drug-likeness (QED) is 0.923. The average molecular weight is 286 g/mol. The summed E-state index contributed by atoms with van der Waals surface area (Å²) < 4.78 is 5.04. The molecule has 1 aromatic heterocycles. The molecule has 0 aliphatic carbocycles. The maximum absolute atomic E-state index is 11.6. The summed E-state index contributed by atoms with van der Waals surface area (Å²) in [4.78, 5) is 19.0. The van der Waals surface area contributed by atoms with E-state index in [-0.39, 0.29) is 10.8 Å². The molecule has 2 rings (SSSR count). The van der Waals surface area contributed by atoms with E-state index in [0.29, 0.717) is 22.8 Å². The molecule has 2 heterocycles. The molecule has 100 valence electrons. The first-order chi connectivity index (χ1) is 8.60. The number of rotatable bonds is 3. The monoisotopic (exact) mass is 286 g/mol. The fourth-order valence-electron chi connectivity index (χ4n) is 1.83. The second kappa shape index (κ2) is 6.12. The van der Waals surface area contributed by atoms with Crippen LogP contribution in [0, 0.1) is 0 Å². The summed E-state index contributed by atoms with van der Waals surface area (Å²) in [5, 5.41) is 1.50. The van der Waals surface area contributed by atoms with Crippen molar-refractivity contribution in [2.75, 3.05) is 12.9 Å². The lowest BCUT2D eigenvalue weighted by Gasteiger charge is -2.30. The number of nitrogens with one attached hydrogen (secondary N) is 1. The van der Waals surface area contributed by atoms with Gasteiger partial charge in [-0.25, -0.2) is 4.98 Å². The Morgan fingerprint density at radius 1 is 1.50 bits per heavy atom. The standard InChI is InChI=1S/C12H18N2O2S2/c1-7-8(2)18-10(6-17-7)12-13-9(5-16-3)4-11(15)14-12/h4,7-8,10H,5-6H2,1-3H3,(H,13,14,15). The summed E-state index contributed by atoms with van der Waals surface area (Å²) in [6.07, 6.45) is 0. The lowest BCUT2D eigenvalue weighted by atomic mass is 10.3. The molecule has 0 spiro atoms. The number of ether oxygens (including phenoxy) is 1. The van der Waals surface area contributed by atoms with Crippen LogP contribution in [0.2, 0.25) is 0 Å². The molecule has 6 heteroatoms. The Kier molecular flexibility index (Phi) is 4.75. The third-order valence-electron chi connectivity index (χ3n) is 2.96. The molecule has 3 atom stereocenters. The molecule has 0 radical (unpaired) electrons. The Morgan fingerprint density at radius 3 is 2.94 bits per heavy atom. The molecule has 1 fully saturated rings. The van der Waals surface area contributed by atoms with Gasteiger partial charge in [0.2, 0.25) is 0 Å². The summed E-state index contributed by atoms with van der Waals surface area (Å²) in [5.74, 6) is 1.78. The lowest BCUT2D eigenvalue weighted by molar-refractivity contribution is 0.181. The molecular formula is C12H18N2O2S2. The van der Waals surface area contributed by atoms with Gasteiger partial charge in [0, 0.05) is 29.4 Å². The van der Waals surface area contributed by atoms with E-state index < -0.39 is 0 Å². The van der Waals surface area contributed by atoms with E-state index in [4.69, 9.17) is 4.74 Å². The van der Waals surface area contributed by atoms with Gasteiger partial charge in [0.15, 0.2) is 0 Å². The molecule has 3 unspecified atom stereocenters. The smallest absolute Gasteiger partial charge is 0.251 e. The zero-order valence-electron chi connectivity index (χ0n) is 10.8. The van der Waals surface area contributed by atoms with Crippen molar-refractivity contribution in [3.05, 3.63) is 27.9 Å². The van der Waals surface area contributed by atoms with Crippen molar-refractivity contribution in [2.24, 2.45) is 0 Å². The minimum absolute atomic E-state index is 0.0936. The van der Waals surface area contributed by atoms with E-state index in [1.54, 1.807) is 7.11 Å². The minimum Gasteiger partial charge on any atom is -0.378 e. The molecule has 0 bridgehead atoms. The van der Waals surface area contributed by atoms with E-state index in [9.17, 15) is 4.79 Å². The minimum atomic E-state index is -0.0936. The molecule has 1 saturated heterocycles. The summed E-state index contributed by atoms with van der Waals surface area (Å²) in [6.45, 7) is 4.86. The van der Waals surface area contributed by atoms with Crippen molar-refractivity contribution in [2.45, 2.75) is 36.2 Å². The van der Waals surface area contributed by atoms with Gasteiger partial charge in [0.05, 0.1) is 17.6 Å². The van der Waals surface area contributed by atoms with Gasteiger partial charge >= 0.3 is 0 Å². The lowest BCUT2D eigenvalue weighted by Crippen LogP contribution is -2.25. The fraction of sp³-hybridized carbons (Fsp3) is 0.667. The summed E-state index contributed by atoms with van der Waals surface area (Å²) in [7, 11) is 1.61. The first-order valence-electron chi connectivity index (χ1n) is 5.96. The summed E-state index contributed by atoms with van der Waals surface area (Å²) in [5.41, 5.74) is 0.608. The second-order valence-electron chi connectivity index (χ2n) is 4.42. The van der Waals surface area contributed by atoms with Crippen LogP contribution in [-0.4, -0.2) is 33.3 Å². The maximum Gasteiger partial charge on any atom is 0.251 e. The van der Waals surface area contributed by atoms with Gasteiger partial charge in [0.25, 0.3) is 5.56 Å². The van der Waals surface area contributed by atoms with E-state index in [0.717, 1.165) is 11.6 Å². The first-order valence-corrected chi connectivity index (χ1v) is 7.95. The Hall–Kier alpha value is -0.460. The third-order valence-corrected chi connectivity index (χ3v) is 6.36. The summed E-state index contributed by atoms with van der Waals surface area (Å²) >= 11 is 3.83. The number of methoxy groups -OCH3 is 1. The number of aromatic nitrogens is 2. The molecular weight excluding hydrogens is 268 g/mol. The predicted octanol–water partition coefficient (Wildman–Crippen LogP) is 2.21. The normalized spacial score (nSPS) is 28.3. The van der Waals surface area contributed by atoms with Crippen LogP contribution in [0.3, 0.4) is 0 Å². The number of hydrogen-bond donors (Lipinski definition) is 1. The fourth-order valence-corrected chi connectivity index (χ4v) is 4.70.